The molecule has 2 atom stereocenters. The van der Waals surface area contributed by atoms with E-state index in [2.05, 4.69) is 25.5 Å². The lowest BCUT2D eigenvalue weighted by atomic mass is 10.1. The van der Waals surface area contributed by atoms with E-state index in [0.29, 0.717) is 16.7 Å². The molecule has 0 aromatic carbocycles. The monoisotopic (exact) mass is 572 g/mol. The number of hydrogen-bond acceptors (Lipinski definition) is 14. The topological polar surface area (TPSA) is 235 Å². The number of hydrogen-bond donors (Lipinski definition) is 5. The van der Waals surface area contributed by atoms with Crippen LogP contribution in [-0.4, -0.2) is 93.7 Å². The number of carboxylic acid groups (broad SMARTS) is 2. The van der Waals surface area contributed by atoms with E-state index in [-0.39, 0.29) is 27.8 Å². The van der Waals surface area contributed by atoms with Crippen LogP contribution in [0.15, 0.2) is 32.3 Å². The molecule has 1 saturated heterocycles. The minimum absolute atomic E-state index is 0.0641. The van der Waals surface area contributed by atoms with Crippen molar-refractivity contribution >= 4 is 63.7 Å². The Morgan fingerprint density at radius 2 is 2.05 bits per heavy atom. The third-order valence-electron chi connectivity index (χ3n) is 4.59. The maximum atomic E-state index is 12.7. The van der Waals surface area contributed by atoms with Crippen molar-refractivity contribution in [3.63, 3.8) is 0 Å². The summed E-state index contributed by atoms with van der Waals surface area (Å²) in [5.74, 6) is -0.404. The molecule has 4 heterocycles. The number of thioether (sulfide) groups is 2. The molecule has 198 valence electrons. The predicted octanol–water partition coefficient (Wildman–Crippen LogP) is -0.431. The summed E-state index contributed by atoms with van der Waals surface area (Å²) < 4.78 is 1.32. The molecule has 16 nitrogen and oxygen atoms in total. The number of aromatic nitrogens is 4. The van der Waals surface area contributed by atoms with Gasteiger partial charge in [0.1, 0.15) is 24.2 Å². The molecule has 2 amide bonds. The van der Waals surface area contributed by atoms with Gasteiger partial charge in [0.15, 0.2) is 16.0 Å². The van der Waals surface area contributed by atoms with E-state index < -0.39 is 29.5 Å². The van der Waals surface area contributed by atoms with Crippen LogP contribution >= 0.6 is 34.9 Å². The largest absolute Gasteiger partial charge is 0.503 e. The predicted molar refractivity (Wildman–Crippen MR) is 133 cm³/mol. The fraction of sp³-hybridized carbons (Fsp3) is 0.333. The lowest BCUT2D eigenvalue weighted by Crippen LogP contribution is -2.69. The quantitative estimate of drug-likeness (QED) is 0.123. The van der Waals surface area contributed by atoms with Crippen molar-refractivity contribution < 1.29 is 34.5 Å². The maximum Gasteiger partial charge on any atom is 0.503 e. The first kappa shape index (κ1) is 27.7. The number of nitrogen functional groups attached to an aromatic ring is 1. The van der Waals surface area contributed by atoms with Crippen LogP contribution in [0.5, 0.6) is 5.88 Å². The van der Waals surface area contributed by atoms with Crippen molar-refractivity contribution in [3.05, 3.63) is 33.2 Å². The zero-order valence-corrected chi connectivity index (χ0v) is 21.5. The van der Waals surface area contributed by atoms with Gasteiger partial charge in [-0.15, -0.1) is 28.2 Å². The Balaban J connectivity index is 0.000000886. The van der Waals surface area contributed by atoms with Gasteiger partial charge < -0.3 is 36.1 Å². The Morgan fingerprint density at radius 3 is 2.68 bits per heavy atom. The molecule has 0 bridgehead atoms. The van der Waals surface area contributed by atoms with Crippen molar-refractivity contribution in [1.29, 1.82) is 0 Å². The van der Waals surface area contributed by atoms with Gasteiger partial charge in [0.25, 0.3) is 17.7 Å². The summed E-state index contributed by atoms with van der Waals surface area (Å²) in [6.45, 7) is 0. The van der Waals surface area contributed by atoms with Gasteiger partial charge in [-0.1, -0.05) is 16.9 Å². The highest BCUT2D eigenvalue weighted by Gasteiger charge is 2.49. The summed E-state index contributed by atoms with van der Waals surface area (Å²) in [5, 5.41) is 35.4. The Morgan fingerprint density at radius 1 is 1.35 bits per heavy atom. The van der Waals surface area contributed by atoms with Gasteiger partial charge in [0.2, 0.25) is 0 Å². The molecule has 2 aliphatic rings. The second-order valence-electron chi connectivity index (χ2n) is 7.10. The van der Waals surface area contributed by atoms with Crippen molar-refractivity contribution in [3.8, 4) is 5.88 Å². The van der Waals surface area contributed by atoms with Gasteiger partial charge in [-0.2, -0.15) is 4.98 Å². The first-order valence-electron chi connectivity index (χ1n) is 9.97. The SMILES string of the molecule is CO/N=C(\C(=O)N[C@@H]1C(=O)N2C=C(CSc3nc(=O)c(O)nn3C)CS[C@H]12)c1csc(N)n1.O=C(O)O. The highest BCUT2D eigenvalue weighted by Crippen LogP contribution is 2.37. The van der Waals surface area contributed by atoms with Gasteiger partial charge in [-0.3, -0.25) is 14.4 Å². The number of oxime groups is 1. The molecule has 19 heteroatoms. The van der Waals surface area contributed by atoms with Crippen molar-refractivity contribution in [1.82, 2.24) is 30.0 Å². The van der Waals surface area contributed by atoms with Crippen LogP contribution < -0.4 is 16.6 Å². The molecule has 0 aliphatic carbocycles. The highest BCUT2D eigenvalue weighted by atomic mass is 32.2. The number of anilines is 1. The van der Waals surface area contributed by atoms with E-state index in [0.717, 1.165) is 16.9 Å². The number of fused-ring (bicyclic) bond motifs is 1. The van der Waals surface area contributed by atoms with Gasteiger partial charge >= 0.3 is 11.7 Å². The Labute approximate surface area is 220 Å². The summed E-state index contributed by atoms with van der Waals surface area (Å²) in [5.41, 5.74) is 5.98. The molecule has 4 rings (SSSR count). The smallest absolute Gasteiger partial charge is 0.488 e. The van der Waals surface area contributed by atoms with Crippen LogP contribution in [0, 0.1) is 0 Å². The lowest BCUT2D eigenvalue weighted by Gasteiger charge is -2.47. The average Bonchev–Trinajstić information content (AvgIpc) is 3.27. The van der Waals surface area contributed by atoms with Crippen molar-refractivity contribution in [2.75, 3.05) is 24.3 Å². The average molecular weight is 573 g/mol. The van der Waals surface area contributed by atoms with E-state index >= 15 is 0 Å². The number of amides is 2. The molecule has 2 aromatic heterocycles. The zero-order valence-electron chi connectivity index (χ0n) is 19.1. The number of nitrogens with zero attached hydrogens (tertiary/aromatic N) is 6. The molecule has 2 aromatic rings. The molecule has 1 fully saturated rings. The molecule has 0 saturated carbocycles. The molecule has 6 N–H and O–H groups in total. The summed E-state index contributed by atoms with van der Waals surface area (Å²) in [6.07, 6.45) is -0.0869. The van der Waals surface area contributed by atoms with E-state index in [1.54, 1.807) is 23.5 Å². The first-order valence-corrected chi connectivity index (χ1v) is 12.9. The van der Waals surface area contributed by atoms with Crippen molar-refractivity contribution in [2.45, 2.75) is 16.6 Å². The number of aryl methyl sites for hydroxylation is 1. The van der Waals surface area contributed by atoms with Crippen LogP contribution in [0.2, 0.25) is 0 Å². The number of nitrogens with one attached hydrogen (secondary N) is 1. The number of rotatable bonds is 7. The van der Waals surface area contributed by atoms with E-state index in [9.17, 15) is 19.5 Å². The molecule has 2 aliphatic heterocycles. The summed E-state index contributed by atoms with van der Waals surface area (Å²) in [7, 11) is 2.88. The minimum Gasteiger partial charge on any atom is -0.488 e. The summed E-state index contributed by atoms with van der Waals surface area (Å²) in [6, 6.07) is -0.713. The van der Waals surface area contributed by atoms with Gasteiger partial charge in [-0.05, 0) is 5.57 Å². The molecule has 37 heavy (non-hydrogen) atoms. The summed E-state index contributed by atoms with van der Waals surface area (Å²) in [4.78, 5) is 59.6. The number of thiazole rings is 1. The van der Waals surface area contributed by atoms with Gasteiger partial charge in [0, 0.05) is 30.1 Å². The molecule has 0 spiro atoms. The van der Waals surface area contributed by atoms with E-state index in [1.807, 2.05) is 0 Å². The van der Waals surface area contributed by atoms with E-state index in [4.69, 9.17) is 25.6 Å². The number of carbonyl (C=O) groups is 3. The fourth-order valence-electron chi connectivity index (χ4n) is 3.06. The van der Waals surface area contributed by atoms with E-state index in [1.165, 1.54) is 35.3 Å². The Hall–Kier alpha value is -3.84. The maximum absolute atomic E-state index is 12.7. The van der Waals surface area contributed by atoms with Crippen LogP contribution in [0.4, 0.5) is 9.93 Å². The number of nitrogens with two attached hydrogens (primary N) is 1. The number of β-lactam (4-membered cyclic amide) rings is 1. The minimum atomic E-state index is -1.83. The van der Waals surface area contributed by atoms with Crippen LogP contribution in [-0.2, 0) is 21.5 Å². The number of aromatic hydroxyl groups is 1. The van der Waals surface area contributed by atoms with Crippen LogP contribution in [0.3, 0.4) is 0 Å². The Bertz CT molecular complexity index is 1320. The molecular formula is C18H20N8O8S3. The highest BCUT2D eigenvalue weighted by molar-refractivity contribution is 8.01. The third kappa shape index (κ3) is 6.68. The number of carbonyl (C=O) groups excluding carboxylic acids is 2. The van der Waals surface area contributed by atoms with Crippen LogP contribution in [0.25, 0.3) is 0 Å². The first-order chi connectivity index (χ1) is 17.5. The zero-order chi connectivity index (χ0) is 27.3. The molecular weight excluding hydrogens is 552 g/mol. The van der Waals surface area contributed by atoms with Gasteiger partial charge in [0.05, 0.1) is 0 Å². The molecule has 0 radical (unpaired) electrons. The second-order valence-corrected chi connectivity index (χ2v) is 10.0. The normalized spacial score (nSPS) is 18.5. The fourth-order valence-corrected chi connectivity index (χ4v) is 5.87. The van der Waals surface area contributed by atoms with Crippen LogP contribution in [0.1, 0.15) is 5.69 Å². The Kier molecular flexibility index (Phi) is 8.95. The summed E-state index contributed by atoms with van der Waals surface area (Å²) >= 11 is 3.93. The molecule has 0 unspecified atom stereocenters. The lowest BCUT2D eigenvalue weighted by molar-refractivity contribution is -0.143. The van der Waals surface area contributed by atoms with Gasteiger partial charge in [-0.25, -0.2) is 14.5 Å². The standard InChI is InChI=1S/C17H18N8O5S3.CH2O3/c1-24-17(21-12(27)13(28)22-24)33-5-7-3-25-14(29)10(15(25)31-4-7)20-11(26)9(23-30-2)8-6-32-16(18)19-8;2-1(3)4/h3,6,10,15H,4-5H2,1-2H3,(H2,18,19)(H,20,26)(H,22,28);(H2,2,3,4)/b23-9-;/t10-,15-;/m1./s1. The van der Waals surface area contributed by atoms with Crippen molar-refractivity contribution in [2.24, 2.45) is 12.2 Å². The second kappa shape index (κ2) is 11.9. The third-order valence-corrected chi connectivity index (χ3v) is 7.77.